The van der Waals surface area contributed by atoms with Crippen LogP contribution < -0.4 is 4.74 Å². The van der Waals surface area contributed by atoms with Crippen LogP contribution in [0.3, 0.4) is 0 Å². The van der Waals surface area contributed by atoms with Crippen LogP contribution in [0.25, 0.3) is 0 Å². The minimum atomic E-state index is -0.576. The zero-order chi connectivity index (χ0) is 9.68. The number of rotatable bonds is 3. The highest BCUT2D eigenvalue weighted by atomic mass is 16.6. The van der Waals surface area contributed by atoms with Crippen LogP contribution in [0, 0.1) is 6.07 Å². The van der Waals surface area contributed by atoms with Gasteiger partial charge in [0, 0.05) is 0 Å². The molecule has 13 heavy (non-hydrogen) atoms. The molecule has 0 heterocycles. The fourth-order valence-electron chi connectivity index (χ4n) is 0.868. The van der Waals surface area contributed by atoms with Gasteiger partial charge in [-0.3, -0.25) is 0 Å². The van der Waals surface area contributed by atoms with E-state index in [1.165, 1.54) is 7.11 Å². The van der Waals surface area contributed by atoms with Gasteiger partial charge in [0.2, 0.25) is 0 Å². The van der Waals surface area contributed by atoms with Crippen LogP contribution in [0.4, 0.5) is 0 Å². The van der Waals surface area contributed by atoms with Crippen LogP contribution in [-0.2, 0) is 9.53 Å². The molecule has 1 rings (SSSR count). The van der Waals surface area contributed by atoms with Crippen molar-refractivity contribution in [2.75, 3.05) is 7.11 Å². The second-order valence-corrected chi connectivity index (χ2v) is 2.52. The van der Waals surface area contributed by atoms with Crippen LogP contribution in [0.1, 0.15) is 6.92 Å². The first kappa shape index (κ1) is 9.58. The first-order valence-corrected chi connectivity index (χ1v) is 3.94. The number of esters is 1. The van der Waals surface area contributed by atoms with Crippen LogP contribution in [0.5, 0.6) is 5.75 Å². The smallest absolute Gasteiger partial charge is 0.346 e. The van der Waals surface area contributed by atoms with Gasteiger partial charge in [-0.15, -0.1) is 0 Å². The highest BCUT2D eigenvalue weighted by molar-refractivity contribution is 5.74. The summed E-state index contributed by atoms with van der Waals surface area (Å²) in [6.07, 6.45) is -0.576. The lowest BCUT2D eigenvalue weighted by Gasteiger charge is -2.11. The summed E-state index contributed by atoms with van der Waals surface area (Å²) in [5.74, 6) is 0.254. The van der Waals surface area contributed by atoms with E-state index in [9.17, 15) is 4.79 Å². The van der Waals surface area contributed by atoms with Crippen LogP contribution in [-0.4, -0.2) is 19.2 Å². The summed E-state index contributed by atoms with van der Waals surface area (Å²) in [6, 6.07) is 9.77. The average Bonchev–Trinajstić information content (AvgIpc) is 2.18. The predicted octanol–water partition coefficient (Wildman–Crippen LogP) is 1.43. The van der Waals surface area contributed by atoms with E-state index in [0.29, 0.717) is 5.75 Å². The van der Waals surface area contributed by atoms with Crippen molar-refractivity contribution in [1.29, 1.82) is 0 Å². The first-order valence-electron chi connectivity index (χ1n) is 3.94. The molecule has 69 valence electrons. The number of carbonyl (C=O) groups excluding carboxylic acids is 1. The summed E-state index contributed by atoms with van der Waals surface area (Å²) in [6.45, 7) is 1.64. The maximum atomic E-state index is 11.0. The van der Waals surface area contributed by atoms with E-state index in [-0.39, 0.29) is 5.97 Å². The van der Waals surface area contributed by atoms with E-state index in [1.54, 1.807) is 31.2 Å². The van der Waals surface area contributed by atoms with Crippen molar-refractivity contribution in [2.45, 2.75) is 13.0 Å². The molecule has 1 aromatic rings. The standard InChI is InChI=1S/C10H11O3/c1-8(10(11)12-2)13-9-6-4-3-5-7-9/h4-8H,1-2H3. The molecule has 0 amide bonds. The molecule has 0 saturated carbocycles. The summed E-state index contributed by atoms with van der Waals surface area (Å²) < 4.78 is 9.78. The molecule has 0 spiro atoms. The second kappa shape index (κ2) is 4.50. The molecule has 3 heteroatoms. The molecular formula is C10H11O3. The number of hydrogen-bond acceptors (Lipinski definition) is 3. The predicted molar refractivity (Wildman–Crippen MR) is 47.4 cm³/mol. The SMILES string of the molecule is COC(=O)C(C)Oc1cc[c]cc1. The van der Waals surface area contributed by atoms with Crippen molar-refractivity contribution in [3.8, 4) is 5.75 Å². The van der Waals surface area contributed by atoms with Crippen molar-refractivity contribution in [3.63, 3.8) is 0 Å². The van der Waals surface area contributed by atoms with Crippen molar-refractivity contribution < 1.29 is 14.3 Å². The number of benzene rings is 1. The van der Waals surface area contributed by atoms with Crippen molar-refractivity contribution in [1.82, 2.24) is 0 Å². The molecule has 0 N–H and O–H groups in total. The summed E-state index contributed by atoms with van der Waals surface area (Å²) in [5.41, 5.74) is 0. The summed E-state index contributed by atoms with van der Waals surface area (Å²) in [5, 5.41) is 0. The first-order chi connectivity index (χ1) is 6.24. The van der Waals surface area contributed by atoms with E-state index in [0.717, 1.165) is 0 Å². The fraction of sp³-hybridized carbons (Fsp3) is 0.300. The lowest BCUT2D eigenvalue weighted by molar-refractivity contribution is -0.147. The highest BCUT2D eigenvalue weighted by Crippen LogP contribution is 2.10. The Morgan fingerprint density at radius 2 is 2.08 bits per heavy atom. The Bertz CT molecular complexity index is 269. The van der Waals surface area contributed by atoms with E-state index in [1.807, 2.05) is 0 Å². The molecular weight excluding hydrogens is 168 g/mol. The monoisotopic (exact) mass is 179 g/mol. The molecule has 0 aliphatic heterocycles. The second-order valence-electron chi connectivity index (χ2n) is 2.52. The van der Waals surface area contributed by atoms with E-state index in [2.05, 4.69) is 10.8 Å². The third kappa shape index (κ3) is 2.78. The quantitative estimate of drug-likeness (QED) is 0.658. The van der Waals surface area contributed by atoms with Gasteiger partial charge in [-0.05, 0) is 25.1 Å². The molecule has 0 saturated heterocycles. The molecule has 1 unspecified atom stereocenters. The Hall–Kier alpha value is -1.51. The normalized spacial score (nSPS) is 11.8. The largest absolute Gasteiger partial charge is 0.479 e. The Kier molecular flexibility index (Phi) is 3.31. The molecule has 0 aliphatic rings. The van der Waals surface area contributed by atoms with Crippen LogP contribution in [0.2, 0.25) is 0 Å². The van der Waals surface area contributed by atoms with Gasteiger partial charge in [0.15, 0.2) is 6.10 Å². The fourth-order valence-corrected chi connectivity index (χ4v) is 0.868. The van der Waals surface area contributed by atoms with Gasteiger partial charge >= 0.3 is 5.97 Å². The minimum Gasteiger partial charge on any atom is -0.479 e. The lowest BCUT2D eigenvalue weighted by Crippen LogP contribution is -2.24. The topological polar surface area (TPSA) is 35.5 Å². The van der Waals surface area contributed by atoms with Crippen LogP contribution >= 0.6 is 0 Å². The van der Waals surface area contributed by atoms with E-state index in [4.69, 9.17) is 4.74 Å². The molecule has 0 bridgehead atoms. The maximum absolute atomic E-state index is 11.0. The summed E-state index contributed by atoms with van der Waals surface area (Å²) in [7, 11) is 1.33. The van der Waals surface area contributed by atoms with Gasteiger partial charge in [0.25, 0.3) is 0 Å². The molecule has 0 fully saturated rings. The third-order valence-electron chi connectivity index (χ3n) is 1.53. The van der Waals surface area contributed by atoms with Crippen molar-refractivity contribution in [2.24, 2.45) is 0 Å². The van der Waals surface area contributed by atoms with Gasteiger partial charge in [-0.1, -0.05) is 12.1 Å². The van der Waals surface area contributed by atoms with Crippen molar-refractivity contribution >= 4 is 5.97 Å². The molecule has 0 aliphatic carbocycles. The number of hydrogen-bond donors (Lipinski definition) is 0. The Balaban J connectivity index is 2.55. The summed E-state index contributed by atoms with van der Waals surface area (Å²) >= 11 is 0. The minimum absolute atomic E-state index is 0.382. The lowest BCUT2D eigenvalue weighted by atomic mass is 10.3. The van der Waals surface area contributed by atoms with Crippen LogP contribution in [0.15, 0.2) is 24.3 Å². The highest BCUT2D eigenvalue weighted by Gasteiger charge is 2.13. The third-order valence-corrected chi connectivity index (χ3v) is 1.53. The van der Waals surface area contributed by atoms with Gasteiger partial charge in [-0.25, -0.2) is 4.79 Å². The Morgan fingerprint density at radius 3 is 2.62 bits per heavy atom. The van der Waals surface area contributed by atoms with Gasteiger partial charge in [0.05, 0.1) is 7.11 Å². The van der Waals surface area contributed by atoms with E-state index >= 15 is 0 Å². The molecule has 1 atom stereocenters. The van der Waals surface area contributed by atoms with Gasteiger partial charge in [0.1, 0.15) is 5.75 Å². The Labute approximate surface area is 77.3 Å². The molecule has 3 nitrogen and oxygen atoms in total. The number of methoxy groups -OCH3 is 1. The number of ether oxygens (including phenoxy) is 2. The summed E-state index contributed by atoms with van der Waals surface area (Å²) in [4.78, 5) is 11.0. The average molecular weight is 179 g/mol. The molecule has 0 aromatic heterocycles. The number of carbonyl (C=O) groups is 1. The van der Waals surface area contributed by atoms with E-state index < -0.39 is 6.10 Å². The van der Waals surface area contributed by atoms with Crippen molar-refractivity contribution in [3.05, 3.63) is 30.3 Å². The molecule has 1 aromatic carbocycles. The molecule has 1 radical (unpaired) electrons. The van der Waals surface area contributed by atoms with Gasteiger partial charge in [-0.2, -0.15) is 0 Å². The van der Waals surface area contributed by atoms with Gasteiger partial charge < -0.3 is 9.47 Å². The maximum Gasteiger partial charge on any atom is 0.346 e. The Morgan fingerprint density at radius 1 is 1.46 bits per heavy atom. The zero-order valence-corrected chi connectivity index (χ0v) is 7.61. The zero-order valence-electron chi connectivity index (χ0n) is 7.61.